The minimum Gasteiger partial charge on any atom is -0.478 e. The summed E-state index contributed by atoms with van der Waals surface area (Å²) < 4.78 is 0. The molecule has 0 aliphatic rings. The van der Waals surface area contributed by atoms with Gasteiger partial charge in [0.15, 0.2) is 0 Å². The smallest absolute Gasteiger partial charge is 0.335 e. The van der Waals surface area contributed by atoms with Crippen molar-refractivity contribution in [2.75, 3.05) is 0 Å². The van der Waals surface area contributed by atoms with Gasteiger partial charge in [-0.05, 0) is 56.6 Å². The predicted molar refractivity (Wildman–Crippen MR) is 190 cm³/mol. The van der Waals surface area contributed by atoms with Crippen LogP contribution in [0.2, 0.25) is 0 Å². The van der Waals surface area contributed by atoms with Crippen LogP contribution in [0.15, 0.2) is 200 Å². The number of carboxylic acids is 1. The summed E-state index contributed by atoms with van der Waals surface area (Å²) in [6.07, 6.45) is 0. The minimum atomic E-state index is -0.973. The zero-order valence-electron chi connectivity index (χ0n) is 25.9. The van der Waals surface area contributed by atoms with Crippen molar-refractivity contribution in [2.45, 2.75) is 10.8 Å². The van der Waals surface area contributed by atoms with Crippen LogP contribution in [0.25, 0.3) is 0 Å². The maximum atomic E-state index is 13.2. The van der Waals surface area contributed by atoms with E-state index in [9.17, 15) is 9.90 Å². The average Bonchev–Trinajstić information content (AvgIpc) is 3.15. The molecule has 0 aliphatic heterocycles. The molecule has 0 heterocycles. The summed E-state index contributed by atoms with van der Waals surface area (Å²) in [6, 6.07) is 68.5. The molecule has 0 saturated carbocycles. The highest BCUT2D eigenvalue weighted by molar-refractivity contribution is 5.89. The third-order valence-corrected chi connectivity index (χ3v) is 9.29. The maximum absolute atomic E-state index is 13.2. The highest BCUT2D eigenvalue weighted by Gasteiger charge is 2.43. The topological polar surface area (TPSA) is 37.3 Å². The Kier molecular flexibility index (Phi) is 8.08. The predicted octanol–water partition coefficient (Wildman–Crippen LogP) is 10.2. The van der Waals surface area contributed by atoms with Crippen molar-refractivity contribution in [3.8, 4) is 0 Å². The van der Waals surface area contributed by atoms with Crippen molar-refractivity contribution >= 4 is 5.97 Å². The normalized spacial score (nSPS) is 11.6. The molecule has 7 aromatic rings. The molecular weight excluding hydrogens is 572 g/mol. The van der Waals surface area contributed by atoms with Gasteiger partial charge in [-0.1, -0.05) is 188 Å². The van der Waals surface area contributed by atoms with Crippen LogP contribution in [-0.4, -0.2) is 11.1 Å². The van der Waals surface area contributed by atoms with Crippen LogP contribution in [0.1, 0.15) is 54.9 Å². The first-order chi connectivity index (χ1) is 23.1. The highest BCUT2D eigenvalue weighted by atomic mass is 16.4. The average molecular weight is 607 g/mol. The number of hydrogen-bond donors (Lipinski definition) is 1. The molecule has 0 bridgehead atoms. The van der Waals surface area contributed by atoms with E-state index in [0.717, 1.165) is 44.5 Å². The fourth-order valence-electron chi connectivity index (χ4n) is 7.31. The Bertz CT molecular complexity index is 1740. The van der Waals surface area contributed by atoms with Gasteiger partial charge in [0.1, 0.15) is 0 Å². The molecule has 0 unspecified atom stereocenters. The number of hydrogen-bond acceptors (Lipinski definition) is 1. The molecule has 1 N–H and O–H groups in total. The second-order valence-electron chi connectivity index (χ2n) is 11.8. The van der Waals surface area contributed by atoms with Gasteiger partial charge >= 0.3 is 5.97 Å². The Labute approximate surface area is 276 Å². The highest BCUT2D eigenvalue weighted by Crippen LogP contribution is 2.50. The first-order valence-electron chi connectivity index (χ1n) is 15.9. The molecular formula is C45H34O2. The molecule has 0 fully saturated rings. The number of carboxylic acid groups (broad SMARTS) is 1. The summed E-state index contributed by atoms with van der Waals surface area (Å²) in [4.78, 5) is 13.2. The van der Waals surface area contributed by atoms with E-state index in [1.807, 2.05) is 48.5 Å². The molecule has 0 aliphatic carbocycles. The number of rotatable bonds is 9. The Morgan fingerprint density at radius 1 is 0.319 bits per heavy atom. The summed E-state index contributed by atoms with van der Waals surface area (Å²) in [5.41, 5.74) is 6.66. The molecule has 0 spiro atoms. The van der Waals surface area contributed by atoms with Crippen molar-refractivity contribution in [1.82, 2.24) is 0 Å². The standard InChI is InChI=1S/C45H34O2/c46-43(47)34-31-41(44(35-19-7-1-8-20-35,36-21-9-2-10-22-36)37-23-11-3-12-24-37)33-42(32-34)45(38-25-13-4-14-26-38,39-27-15-5-16-28-39)40-29-17-6-18-30-40/h1-33H,(H,46,47). The van der Waals surface area contributed by atoms with E-state index in [2.05, 4.69) is 152 Å². The van der Waals surface area contributed by atoms with Gasteiger partial charge in [-0.3, -0.25) is 0 Å². The van der Waals surface area contributed by atoms with Crippen molar-refractivity contribution < 1.29 is 9.90 Å². The SMILES string of the molecule is O=C(O)c1cc(C(c2ccccc2)(c2ccccc2)c2ccccc2)cc(C(c2ccccc2)(c2ccccc2)c2ccccc2)c1. The molecule has 2 nitrogen and oxygen atoms in total. The van der Waals surface area contributed by atoms with E-state index in [4.69, 9.17) is 0 Å². The lowest BCUT2D eigenvalue weighted by Gasteiger charge is -2.40. The maximum Gasteiger partial charge on any atom is 0.335 e. The molecule has 0 aromatic heterocycles. The summed E-state index contributed by atoms with van der Waals surface area (Å²) >= 11 is 0. The Hall–Kier alpha value is -5.99. The van der Waals surface area contributed by atoms with Gasteiger partial charge in [-0.15, -0.1) is 0 Å². The van der Waals surface area contributed by atoms with Crippen LogP contribution in [0.3, 0.4) is 0 Å². The number of aromatic carboxylic acids is 1. The Balaban J connectivity index is 1.68. The van der Waals surface area contributed by atoms with E-state index in [-0.39, 0.29) is 5.56 Å². The summed E-state index contributed by atoms with van der Waals surface area (Å²) in [5.74, 6) is -0.973. The molecule has 7 rings (SSSR count). The first kappa shape index (κ1) is 29.7. The number of carbonyl (C=O) groups is 1. The molecule has 0 radical (unpaired) electrons. The van der Waals surface area contributed by atoms with Crippen molar-refractivity contribution in [3.63, 3.8) is 0 Å². The van der Waals surface area contributed by atoms with Gasteiger partial charge in [0, 0.05) is 0 Å². The Morgan fingerprint density at radius 2 is 0.532 bits per heavy atom. The van der Waals surface area contributed by atoms with Crippen LogP contribution in [0, 0.1) is 0 Å². The third-order valence-electron chi connectivity index (χ3n) is 9.29. The molecule has 0 atom stereocenters. The van der Waals surface area contributed by atoms with Gasteiger partial charge in [0.05, 0.1) is 16.4 Å². The van der Waals surface area contributed by atoms with E-state index < -0.39 is 16.8 Å². The number of benzene rings is 7. The first-order valence-corrected chi connectivity index (χ1v) is 15.9. The largest absolute Gasteiger partial charge is 0.478 e. The Morgan fingerprint density at radius 3 is 0.723 bits per heavy atom. The van der Waals surface area contributed by atoms with Crippen molar-refractivity contribution in [1.29, 1.82) is 0 Å². The molecule has 2 heteroatoms. The van der Waals surface area contributed by atoms with Crippen LogP contribution in [0.4, 0.5) is 0 Å². The lowest BCUT2D eigenvalue weighted by Crippen LogP contribution is -2.34. The van der Waals surface area contributed by atoms with Gasteiger partial charge in [0.25, 0.3) is 0 Å². The monoisotopic (exact) mass is 606 g/mol. The molecule has 7 aromatic carbocycles. The second-order valence-corrected chi connectivity index (χ2v) is 11.8. The quantitative estimate of drug-likeness (QED) is 0.166. The molecule has 0 saturated heterocycles. The van der Waals surface area contributed by atoms with Crippen LogP contribution in [-0.2, 0) is 10.8 Å². The second kappa shape index (κ2) is 12.8. The lowest BCUT2D eigenvalue weighted by atomic mass is 9.61. The van der Waals surface area contributed by atoms with Crippen molar-refractivity contribution in [2.24, 2.45) is 0 Å². The molecule has 226 valence electrons. The fourth-order valence-corrected chi connectivity index (χ4v) is 7.31. The van der Waals surface area contributed by atoms with Crippen LogP contribution >= 0.6 is 0 Å². The zero-order valence-corrected chi connectivity index (χ0v) is 25.9. The summed E-state index contributed by atoms with van der Waals surface area (Å²) in [5, 5.41) is 10.8. The van der Waals surface area contributed by atoms with E-state index in [1.54, 1.807) is 0 Å². The lowest BCUT2D eigenvalue weighted by molar-refractivity contribution is 0.0696. The zero-order chi connectivity index (χ0) is 32.1. The molecule has 0 amide bonds. The van der Waals surface area contributed by atoms with E-state index >= 15 is 0 Å². The van der Waals surface area contributed by atoms with Crippen LogP contribution in [0.5, 0.6) is 0 Å². The van der Waals surface area contributed by atoms with Gasteiger partial charge in [-0.25, -0.2) is 4.79 Å². The fraction of sp³-hybridized carbons (Fsp3) is 0.0444. The van der Waals surface area contributed by atoms with Gasteiger partial charge < -0.3 is 5.11 Å². The summed E-state index contributed by atoms with van der Waals surface area (Å²) in [6.45, 7) is 0. The van der Waals surface area contributed by atoms with Gasteiger partial charge in [0.2, 0.25) is 0 Å². The minimum absolute atomic E-state index is 0.233. The summed E-state index contributed by atoms with van der Waals surface area (Å²) in [7, 11) is 0. The van der Waals surface area contributed by atoms with E-state index in [0.29, 0.717) is 0 Å². The van der Waals surface area contributed by atoms with E-state index in [1.165, 1.54) is 0 Å². The van der Waals surface area contributed by atoms with Gasteiger partial charge in [-0.2, -0.15) is 0 Å². The van der Waals surface area contributed by atoms with Crippen molar-refractivity contribution in [3.05, 3.63) is 250 Å². The third kappa shape index (κ3) is 5.14. The van der Waals surface area contributed by atoms with Crippen LogP contribution < -0.4 is 0 Å². The molecule has 47 heavy (non-hydrogen) atoms.